The predicted molar refractivity (Wildman–Crippen MR) is 36.6 cm³/mol. The van der Waals surface area contributed by atoms with Gasteiger partial charge in [0.05, 0.1) is 0 Å². The number of hydrogen-bond donors (Lipinski definition) is 1. The van der Waals surface area contributed by atoms with Crippen molar-refractivity contribution in [3.63, 3.8) is 0 Å². The van der Waals surface area contributed by atoms with E-state index in [1.165, 1.54) is 0 Å². The third kappa shape index (κ3) is 2.11. The summed E-state index contributed by atoms with van der Waals surface area (Å²) in [6, 6.07) is 0.489. The zero-order chi connectivity index (χ0) is 6.69. The first kappa shape index (κ1) is 7.29. The Hall–Kier alpha value is 0.180. The van der Waals surface area contributed by atoms with Crippen molar-refractivity contribution in [3.05, 3.63) is 0 Å². The number of nitrogens with one attached hydrogen (secondary N) is 1. The molecule has 0 aromatic rings. The Kier molecular flexibility index (Phi) is 2.73. The van der Waals surface area contributed by atoms with Gasteiger partial charge in [-0.1, -0.05) is 0 Å². The lowest BCUT2D eigenvalue weighted by Crippen LogP contribution is -2.42. The van der Waals surface area contributed by atoms with Crippen molar-refractivity contribution in [1.82, 2.24) is 5.32 Å². The maximum absolute atomic E-state index is 11.5. The third-order valence-electron chi connectivity index (χ3n) is 1.61. The molecule has 0 bridgehead atoms. The highest BCUT2D eigenvalue weighted by Crippen LogP contribution is 2.24. The minimum absolute atomic E-state index is 0.274. The molecule has 0 atom stereocenters. The first-order chi connectivity index (χ1) is 4.33. The summed E-state index contributed by atoms with van der Waals surface area (Å²) < 4.78 is 11.5. The van der Waals surface area contributed by atoms with Gasteiger partial charge in [-0.25, -0.2) is 4.39 Å². The van der Waals surface area contributed by atoms with Crippen molar-refractivity contribution in [2.24, 2.45) is 0 Å². The highest BCUT2D eigenvalue weighted by atomic mass is 35.5. The van der Waals surface area contributed by atoms with Gasteiger partial charge in [-0.05, 0) is 12.8 Å². The van der Waals surface area contributed by atoms with E-state index in [9.17, 15) is 4.39 Å². The Morgan fingerprint density at radius 1 is 1.56 bits per heavy atom. The van der Waals surface area contributed by atoms with Crippen LogP contribution in [0.5, 0.6) is 0 Å². The summed E-state index contributed by atoms with van der Waals surface area (Å²) in [5, 5.41) is 3.38. The molecule has 0 radical (unpaired) electrons. The van der Waals surface area contributed by atoms with Gasteiger partial charge >= 0.3 is 0 Å². The Labute approximate surface area is 59.6 Å². The van der Waals surface area contributed by atoms with E-state index in [-0.39, 0.29) is 6.67 Å². The van der Waals surface area contributed by atoms with Crippen LogP contribution in [-0.4, -0.2) is 24.6 Å². The molecule has 54 valence electrons. The van der Waals surface area contributed by atoms with Crippen molar-refractivity contribution < 1.29 is 4.39 Å². The number of rotatable bonds is 3. The van der Waals surface area contributed by atoms with E-state index < -0.39 is 0 Å². The summed E-state index contributed by atoms with van der Waals surface area (Å²) in [7, 11) is 0. The Morgan fingerprint density at radius 2 is 2.22 bits per heavy atom. The molecule has 0 aliphatic heterocycles. The zero-order valence-corrected chi connectivity index (χ0v) is 5.99. The molecular weight excluding hydrogens is 141 g/mol. The van der Waals surface area contributed by atoms with E-state index in [1.54, 1.807) is 0 Å². The average Bonchev–Trinajstić information content (AvgIpc) is 1.78. The van der Waals surface area contributed by atoms with E-state index in [1.807, 2.05) is 0 Å². The van der Waals surface area contributed by atoms with Crippen LogP contribution in [0, 0.1) is 0 Å². The first-order valence-electron chi connectivity index (χ1n) is 3.26. The normalized spacial score (nSPS) is 34.0. The van der Waals surface area contributed by atoms with Gasteiger partial charge in [0.15, 0.2) is 0 Å². The van der Waals surface area contributed by atoms with E-state index >= 15 is 0 Å². The number of alkyl halides is 2. The molecule has 3 heteroatoms. The smallest absolute Gasteiger partial charge is 0.102 e. The second-order valence-corrected chi connectivity index (χ2v) is 3.03. The van der Waals surface area contributed by atoms with E-state index in [2.05, 4.69) is 5.32 Å². The molecule has 0 spiro atoms. The minimum Gasteiger partial charge on any atom is -0.311 e. The number of hydrogen-bond acceptors (Lipinski definition) is 1. The molecule has 1 aliphatic carbocycles. The van der Waals surface area contributed by atoms with Crippen LogP contribution < -0.4 is 5.32 Å². The van der Waals surface area contributed by atoms with Crippen molar-refractivity contribution in [3.8, 4) is 0 Å². The molecule has 1 nitrogen and oxygen atoms in total. The molecule has 0 aromatic heterocycles. The lowest BCUT2D eigenvalue weighted by Gasteiger charge is -2.31. The quantitative estimate of drug-likeness (QED) is 0.600. The van der Waals surface area contributed by atoms with Gasteiger partial charge in [-0.15, -0.1) is 11.6 Å². The van der Waals surface area contributed by atoms with Gasteiger partial charge in [-0.2, -0.15) is 0 Å². The van der Waals surface area contributed by atoms with E-state index in [4.69, 9.17) is 11.6 Å². The maximum atomic E-state index is 11.5. The Morgan fingerprint density at radius 3 is 2.67 bits per heavy atom. The summed E-state index contributed by atoms with van der Waals surface area (Å²) in [6.45, 7) is 0.206. The molecule has 0 unspecified atom stereocenters. The van der Waals surface area contributed by atoms with Crippen LogP contribution in [-0.2, 0) is 0 Å². The number of halogens is 2. The first-order valence-corrected chi connectivity index (χ1v) is 3.70. The second-order valence-electron chi connectivity index (χ2n) is 2.41. The van der Waals surface area contributed by atoms with Gasteiger partial charge < -0.3 is 5.32 Å². The third-order valence-corrected chi connectivity index (χ3v) is 1.96. The molecule has 0 amide bonds. The van der Waals surface area contributed by atoms with E-state index in [0.29, 0.717) is 18.0 Å². The topological polar surface area (TPSA) is 12.0 Å². The fourth-order valence-corrected chi connectivity index (χ4v) is 1.40. The molecular formula is C6H11ClFN. The van der Waals surface area contributed by atoms with Crippen LogP contribution in [0.2, 0.25) is 0 Å². The van der Waals surface area contributed by atoms with Crippen LogP contribution in [0.15, 0.2) is 0 Å². The molecule has 1 rings (SSSR count). The maximum Gasteiger partial charge on any atom is 0.102 e. The molecule has 0 saturated heterocycles. The summed E-state index contributed by atoms with van der Waals surface area (Å²) in [6.07, 6.45) is 2.00. The lowest BCUT2D eigenvalue weighted by atomic mass is 9.92. The predicted octanol–water partition coefficient (Wildman–Crippen LogP) is 1.32. The van der Waals surface area contributed by atoms with Gasteiger partial charge in [0.25, 0.3) is 0 Å². The van der Waals surface area contributed by atoms with Crippen LogP contribution >= 0.6 is 11.6 Å². The summed E-state index contributed by atoms with van der Waals surface area (Å²) in [4.78, 5) is 0. The SMILES string of the molecule is FCCNC1CC(Cl)C1. The fraction of sp³-hybridized carbons (Fsp3) is 1.00. The Balaban J connectivity index is 1.91. The van der Waals surface area contributed by atoms with E-state index in [0.717, 1.165) is 12.8 Å². The summed E-state index contributed by atoms with van der Waals surface area (Å²) in [5.41, 5.74) is 0. The van der Waals surface area contributed by atoms with Crippen LogP contribution in [0.4, 0.5) is 4.39 Å². The van der Waals surface area contributed by atoms with Crippen molar-refractivity contribution >= 4 is 11.6 Å². The van der Waals surface area contributed by atoms with Crippen molar-refractivity contribution in [1.29, 1.82) is 0 Å². The molecule has 0 heterocycles. The van der Waals surface area contributed by atoms with Crippen molar-refractivity contribution in [2.45, 2.75) is 24.3 Å². The van der Waals surface area contributed by atoms with Gasteiger partial charge in [0.2, 0.25) is 0 Å². The highest BCUT2D eigenvalue weighted by molar-refractivity contribution is 6.21. The lowest BCUT2D eigenvalue weighted by molar-refractivity contribution is 0.329. The van der Waals surface area contributed by atoms with Crippen LogP contribution in [0.1, 0.15) is 12.8 Å². The minimum atomic E-state index is -0.274. The molecule has 9 heavy (non-hydrogen) atoms. The molecule has 0 aromatic carbocycles. The monoisotopic (exact) mass is 151 g/mol. The summed E-state index contributed by atoms with van der Waals surface area (Å²) in [5.74, 6) is 0. The largest absolute Gasteiger partial charge is 0.311 e. The molecule has 1 saturated carbocycles. The van der Waals surface area contributed by atoms with Gasteiger partial charge in [0.1, 0.15) is 6.67 Å². The van der Waals surface area contributed by atoms with Crippen molar-refractivity contribution in [2.75, 3.05) is 13.2 Å². The summed E-state index contributed by atoms with van der Waals surface area (Å²) >= 11 is 5.69. The van der Waals surface area contributed by atoms with Gasteiger partial charge in [0, 0.05) is 18.0 Å². The average molecular weight is 152 g/mol. The molecule has 1 fully saturated rings. The molecule has 1 N–H and O–H groups in total. The zero-order valence-electron chi connectivity index (χ0n) is 5.24. The standard InChI is InChI=1S/C6H11ClFN/c7-5-3-6(4-5)9-2-1-8/h5-6,9H,1-4H2. The second kappa shape index (κ2) is 3.37. The van der Waals surface area contributed by atoms with Crippen LogP contribution in [0.3, 0.4) is 0 Å². The fourth-order valence-electron chi connectivity index (χ4n) is 0.974. The Bertz CT molecular complexity index is 83.1. The van der Waals surface area contributed by atoms with Crippen LogP contribution in [0.25, 0.3) is 0 Å². The highest BCUT2D eigenvalue weighted by Gasteiger charge is 2.25. The molecule has 1 aliphatic rings. The van der Waals surface area contributed by atoms with Gasteiger partial charge in [-0.3, -0.25) is 0 Å².